The van der Waals surface area contributed by atoms with Gasteiger partial charge in [-0.25, -0.2) is 0 Å². The van der Waals surface area contributed by atoms with E-state index < -0.39 is 0 Å². The van der Waals surface area contributed by atoms with Gasteiger partial charge in [-0.2, -0.15) is 0 Å². The second kappa shape index (κ2) is 6.80. The molecular formula is C19H19N3O2S. The van der Waals surface area contributed by atoms with Gasteiger partial charge in [-0.15, -0.1) is 10.2 Å². The first-order valence-corrected chi connectivity index (χ1v) is 9.12. The van der Waals surface area contributed by atoms with Gasteiger partial charge in [-0.3, -0.25) is 4.57 Å². The van der Waals surface area contributed by atoms with E-state index >= 15 is 0 Å². The molecule has 0 aliphatic carbocycles. The Labute approximate surface area is 151 Å². The zero-order valence-electron chi connectivity index (χ0n) is 14.2. The van der Waals surface area contributed by atoms with Crippen molar-refractivity contribution in [2.24, 2.45) is 0 Å². The molecule has 0 N–H and O–H groups in total. The van der Waals surface area contributed by atoms with E-state index in [2.05, 4.69) is 46.8 Å². The number of aromatic nitrogens is 3. The Bertz CT molecular complexity index is 878. The van der Waals surface area contributed by atoms with Crippen LogP contribution >= 0.6 is 11.8 Å². The van der Waals surface area contributed by atoms with Crippen LogP contribution in [-0.2, 0) is 6.54 Å². The Morgan fingerprint density at radius 2 is 1.84 bits per heavy atom. The first-order chi connectivity index (χ1) is 12.2. The van der Waals surface area contributed by atoms with Crippen molar-refractivity contribution >= 4 is 11.8 Å². The predicted octanol–water partition coefficient (Wildman–Crippen LogP) is 4.22. The first kappa shape index (κ1) is 16.0. The van der Waals surface area contributed by atoms with Gasteiger partial charge < -0.3 is 9.47 Å². The molecule has 1 aliphatic rings. The van der Waals surface area contributed by atoms with Crippen LogP contribution in [0.15, 0.2) is 53.7 Å². The summed E-state index contributed by atoms with van der Waals surface area (Å²) in [6.45, 7) is 5.29. The molecule has 0 fully saturated rings. The van der Waals surface area contributed by atoms with Gasteiger partial charge in [0.1, 0.15) is 0 Å². The molecule has 5 nitrogen and oxygen atoms in total. The van der Waals surface area contributed by atoms with Crippen LogP contribution in [0, 0.1) is 0 Å². The van der Waals surface area contributed by atoms with Crippen molar-refractivity contribution in [1.29, 1.82) is 0 Å². The average Bonchev–Trinajstić information content (AvgIpc) is 3.22. The minimum Gasteiger partial charge on any atom is -0.454 e. The molecule has 2 heterocycles. The quantitative estimate of drug-likeness (QED) is 0.643. The topological polar surface area (TPSA) is 49.2 Å². The van der Waals surface area contributed by atoms with Gasteiger partial charge in [0.25, 0.3) is 0 Å². The highest BCUT2D eigenvalue weighted by atomic mass is 32.2. The highest BCUT2D eigenvalue weighted by molar-refractivity contribution is 7.99. The summed E-state index contributed by atoms with van der Waals surface area (Å²) in [6, 6.07) is 16.2. The summed E-state index contributed by atoms with van der Waals surface area (Å²) in [6.07, 6.45) is 0. The molecule has 0 unspecified atom stereocenters. The number of hydrogen-bond acceptors (Lipinski definition) is 5. The second-order valence-corrected chi connectivity index (χ2v) is 7.66. The van der Waals surface area contributed by atoms with Crippen molar-refractivity contribution in [3.63, 3.8) is 0 Å². The second-order valence-electron chi connectivity index (χ2n) is 6.11. The summed E-state index contributed by atoms with van der Waals surface area (Å²) >= 11 is 1.72. The van der Waals surface area contributed by atoms with E-state index in [4.69, 9.17) is 9.47 Å². The number of rotatable bonds is 5. The molecule has 128 valence electrons. The van der Waals surface area contributed by atoms with E-state index in [1.165, 1.54) is 0 Å². The summed E-state index contributed by atoms with van der Waals surface area (Å²) in [5.41, 5.74) is 2.19. The number of hydrogen-bond donors (Lipinski definition) is 0. The van der Waals surface area contributed by atoms with Gasteiger partial charge in [-0.05, 0) is 17.7 Å². The lowest BCUT2D eigenvalue weighted by atomic mass is 10.2. The van der Waals surface area contributed by atoms with Gasteiger partial charge in [0.2, 0.25) is 6.79 Å². The maximum Gasteiger partial charge on any atom is 0.231 e. The van der Waals surface area contributed by atoms with Crippen LogP contribution in [0.2, 0.25) is 0 Å². The SMILES string of the molecule is CC(C)Sc1nnc(-c2ccccc2)n1Cc1ccc2c(c1)OCO2. The van der Waals surface area contributed by atoms with Gasteiger partial charge in [0.05, 0.1) is 6.54 Å². The maximum absolute atomic E-state index is 5.50. The minimum absolute atomic E-state index is 0.287. The molecule has 2 aromatic carbocycles. The van der Waals surface area contributed by atoms with Crippen LogP contribution < -0.4 is 9.47 Å². The average molecular weight is 353 g/mol. The standard InChI is InChI=1S/C19H19N3O2S/c1-13(2)25-19-21-20-18(15-6-4-3-5-7-15)22(19)11-14-8-9-16-17(10-14)24-12-23-16/h3-10,13H,11-12H2,1-2H3. The van der Waals surface area contributed by atoms with Gasteiger partial charge in [-0.1, -0.05) is 62.0 Å². The lowest BCUT2D eigenvalue weighted by molar-refractivity contribution is 0.174. The van der Waals surface area contributed by atoms with Crippen molar-refractivity contribution in [3.05, 3.63) is 54.1 Å². The Hall–Kier alpha value is -2.47. The molecule has 0 atom stereocenters. The number of fused-ring (bicyclic) bond motifs is 1. The Morgan fingerprint density at radius 3 is 2.64 bits per heavy atom. The number of ether oxygens (including phenoxy) is 2. The zero-order valence-corrected chi connectivity index (χ0v) is 15.0. The van der Waals surface area contributed by atoms with E-state index in [-0.39, 0.29) is 6.79 Å². The number of nitrogens with zero attached hydrogens (tertiary/aromatic N) is 3. The number of thioether (sulfide) groups is 1. The fraction of sp³-hybridized carbons (Fsp3) is 0.263. The van der Waals surface area contributed by atoms with Crippen molar-refractivity contribution < 1.29 is 9.47 Å². The lowest BCUT2D eigenvalue weighted by Gasteiger charge is -2.12. The third kappa shape index (κ3) is 3.35. The van der Waals surface area contributed by atoms with Crippen molar-refractivity contribution in [2.45, 2.75) is 30.8 Å². The highest BCUT2D eigenvalue weighted by Crippen LogP contribution is 2.34. The fourth-order valence-corrected chi connectivity index (χ4v) is 3.54. The summed E-state index contributed by atoms with van der Waals surface area (Å²) < 4.78 is 13.1. The molecule has 0 saturated heterocycles. The third-order valence-electron chi connectivity index (χ3n) is 3.87. The molecule has 6 heteroatoms. The van der Waals surface area contributed by atoms with Crippen molar-refractivity contribution in [2.75, 3.05) is 6.79 Å². The molecule has 0 radical (unpaired) electrons. The van der Waals surface area contributed by atoms with Crippen LogP contribution in [0.1, 0.15) is 19.4 Å². The van der Waals surface area contributed by atoms with E-state index in [9.17, 15) is 0 Å². The monoisotopic (exact) mass is 353 g/mol. The predicted molar refractivity (Wildman–Crippen MR) is 98.1 cm³/mol. The van der Waals surface area contributed by atoms with Gasteiger partial charge >= 0.3 is 0 Å². The molecule has 0 saturated carbocycles. The highest BCUT2D eigenvalue weighted by Gasteiger charge is 2.18. The van der Waals surface area contributed by atoms with E-state index in [0.29, 0.717) is 11.8 Å². The molecular weight excluding hydrogens is 334 g/mol. The summed E-state index contributed by atoms with van der Waals surface area (Å²) in [4.78, 5) is 0. The largest absolute Gasteiger partial charge is 0.454 e. The Balaban J connectivity index is 1.72. The molecule has 3 aromatic rings. The van der Waals surface area contributed by atoms with E-state index in [0.717, 1.165) is 33.6 Å². The molecule has 1 aromatic heterocycles. The summed E-state index contributed by atoms with van der Waals surface area (Å²) in [5.74, 6) is 2.47. The van der Waals surface area contributed by atoms with Crippen molar-refractivity contribution in [1.82, 2.24) is 14.8 Å². The Kier molecular flexibility index (Phi) is 4.36. The first-order valence-electron chi connectivity index (χ1n) is 8.24. The summed E-state index contributed by atoms with van der Waals surface area (Å²) in [7, 11) is 0. The number of benzene rings is 2. The van der Waals surface area contributed by atoms with Crippen LogP contribution in [0.25, 0.3) is 11.4 Å². The van der Waals surface area contributed by atoms with Crippen molar-refractivity contribution in [3.8, 4) is 22.9 Å². The normalized spacial score (nSPS) is 12.8. The van der Waals surface area contributed by atoms with E-state index in [1.807, 2.05) is 30.3 Å². The molecule has 4 rings (SSSR count). The lowest BCUT2D eigenvalue weighted by Crippen LogP contribution is -2.05. The van der Waals surface area contributed by atoms with Crippen LogP contribution in [-0.4, -0.2) is 26.8 Å². The zero-order chi connectivity index (χ0) is 17.2. The van der Waals surface area contributed by atoms with Gasteiger partial charge in [0, 0.05) is 10.8 Å². The summed E-state index contributed by atoms with van der Waals surface area (Å²) in [5, 5.41) is 10.2. The van der Waals surface area contributed by atoms with Crippen LogP contribution in [0.4, 0.5) is 0 Å². The molecule has 0 spiro atoms. The third-order valence-corrected chi connectivity index (χ3v) is 4.85. The van der Waals surface area contributed by atoms with Gasteiger partial charge in [0.15, 0.2) is 22.5 Å². The molecule has 25 heavy (non-hydrogen) atoms. The minimum atomic E-state index is 0.287. The molecule has 0 amide bonds. The Morgan fingerprint density at radius 1 is 1.04 bits per heavy atom. The smallest absolute Gasteiger partial charge is 0.231 e. The van der Waals surface area contributed by atoms with Crippen LogP contribution in [0.5, 0.6) is 11.5 Å². The van der Waals surface area contributed by atoms with E-state index in [1.54, 1.807) is 11.8 Å². The maximum atomic E-state index is 5.50. The molecule has 1 aliphatic heterocycles. The van der Waals surface area contributed by atoms with Crippen LogP contribution in [0.3, 0.4) is 0 Å². The molecule has 0 bridgehead atoms. The fourth-order valence-electron chi connectivity index (χ4n) is 2.75.